The first kappa shape index (κ1) is 16.0. The van der Waals surface area contributed by atoms with Crippen LogP contribution in [0, 0.1) is 12.8 Å². The lowest BCUT2D eigenvalue weighted by Crippen LogP contribution is -2.51. The van der Waals surface area contributed by atoms with Crippen LogP contribution in [0.1, 0.15) is 38.2 Å². The molecule has 0 heterocycles. The third kappa shape index (κ3) is 3.62. The SMILES string of the molecule is Cc1ccc(S(=O)(=O)NC2(CBr)CCC(C)CC2)cc1. The van der Waals surface area contributed by atoms with Crippen molar-refractivity contribution in [2.45, 2.75) is 50.0 Å². The first-order valence-corrected chi connectivity index (χ1v) is 9.64. The average molecular weight is 360 g/mol. The molecule has 3 nitrogen and oxygen atoms in total. The van der Waals surface area contributed by atoms with E-state index >= 15 is 0 Å². The molecule has 1 saturated carbocycles. The topological polar surface area (TPSA) is 46.2 Å². The molecule has 0 radical (unpaired) electrons. The summed E-state index contributed by atoms with van der Waals surface area (Å²) in [5, 5.41) is 0.664. The summed E-state index contributed by atoms with van der Waals surface area (Å²) in [6, 6.07) is 7.01. The van der Waals surface area contributed by atoms with Gasteiger partial charge in [0.2, 0.25) is 10.0 Å². The Hall–Kier alpha value is -0.390. The smallest absolute Gasteiger partial charge is 0.207 e. The molecule has 0 bridgehead atoms. The van der Waals surface area contributed by atoms with Crippen molar-refractivity contribution in [3.05, 3.63) is 29.8 Å². The zero-order chi connectivity index (χ0) is 14.8. The van der Waals surface area contributed by atoms with Gasteiger partial charge in [0.1, 0.15) is 0 Å². The van der Waals surface area contributed by atoms with E-state index < -0.39 is 10.0 Å². The van der Waals surface area contributed by atoms with E-state index in [9.17, 15) is 8.42 Å². The van der Waals surface area contributed by atoms with Crippen LogP contribution in [-0.2, 0) is 10.0 Å². The summed E-state index contributed by atoms with van der Waals surface area (Å²) < 4.78 is 28.0. The average Bonchev–Trinajstić information content (AvgIpc) is 2.42. The number of alkyl halides is 1. The van der Waals surface area contributed by atoms with E-state index in [0.29, 0.717) is 16.1 Å². The van der Waals surface area contributed by atoms with Crippen molar-refractivity contribution >= 4 is 26.0 Å². The first-order valence-electron chi connectivity index (χ1n) is 7.03. The van der Waals surface area contributed by atoms with Crippen LogP contribution in [0.15, 0.2) is 29.2 Å². The van der Waals surface area contributed by atoms with E-state index in [1.807, 2.05) is 19.1 Å². The molecular formula is C15H22BrNO2S. The number of hydrogen-bond acceptors (Lipinski definition) is 2. The number of benzene rings is 1. The van der Waals surface area contributed by atoms with Crippen LogP contribution in [0.2, 0.25) is 0 Å². The molecule has 1 N–H and O–H groups in total. The van der Waals surface area contributed by atoms with Crippen LogP contribution in [0.3, 0.4) is 0 Å². The quantitative estimate of drug-likeness (QED) is 0.834. The number of sulfonamides is 1. The normalized spacial score (nSPS) is 27.4. The molecule has 112 valence electrons. The van der Waals surface area contributed by atoms with Gasteiger partial charge in [0.25, 0.3) is 0 Å². The van der Waals surface area contributed by atoms with Crippen LogP contribution in [0.4, 0.5) is 0 Å². The Morgan fingerprint density at radius 3 is 2.30 bits per heavy atom. The van der Waals surface area contributed by atoms with Crippen LogP contribution >= 0.6 is 15.9 Å². The lowest BCUT2D eigenvalue weighted by Gasteiger charge is -2.38. The Morgan fingerprint density at radius 1 is 1.25 bits per heavy atom. The van der Waals surface area contributed by atoms with Crippen molar-refractivity contribution in [3.8, 4) is 0 Å². The lowest BCUT2D eigenvalue weighted by molar-refractivity contribution is 0.250. The molecule has 1 aliphatic rings. The highest BCUT2D eigenvalue weighted by molar-refractivity contribution is 9.09. The van der Waals surface area contributed by atoms with Crippen molar-refractivity contribution in [1.29, 1.82) is 0 Å². The molecule has 2 rings (SSSR count). The molecule has 0 aromatic heterocycles. The number of aryl methyl sites for hydroxylation is 1. The maximum atomic E-state index is 12.5. The van der Waals surface area contributed by atoms with Crippen molar-refractivity contribution in [2.24, 2.45) is 5.92 Å². The minimum absolute atomic E-state index is 0.337. The molecular weight excluding hydrogens is 338 g/mol. The molecule has 20 heavy (non-hydrogen) atoms. The van der Waals surface area contributed by atoms with Crippen molar-refractivity contribution in [3.63, 3.8) is 0 Å². The number of nitrogens with one attached hydrogen (secondary N) is 1. The highest BCUT2D eigenvalue weighted by Crippen LogP contribution is 2.34. The molecule has 0 unspecified atom stereocenters. The zero-order valence-electron chi connectivity index (χ0n) is 12.0. The van der Waals surface area contributed by atoms with E-state index in [-0.39, 0.29) is 5.54 Å². The summed E-state index contributed by atoms with van der Waals surface area (Å²) in [6.45, 7) is 4.18. The summed E-state index contributed by atoms with van der Waals surface area (Å²) >= 11 is 3.50. The third-order valence-corrected chi connectivity index (χ3v) is 6.84. The van der Waals surface area contributed by atoms with Gasteiger partial charge >= 0.3 is 0 Å². The predicted octanol–water partition coefficient (Wildman–Crippen LogP) is 3.62. The second-order valence-corrected chi connectivity index (χ2v) is 8.26. The lowest BCUT2D eigenvalue weighted by atomic mass is 9.79. The molecule has 0 saturated heterocycles. The molecule has 1 aromatic rings. The molecule has 1 aliphatic carbocycles. The Morgan fingerprint density at radius 2 is 1.80 bits per heavy atom. The zero-order valence-corrected chi connectivity index (χ0v) is 14.4. The fraction of sp³-hybridized carbons (Fsp3) is 0.600. The highest BCUT2D eigenvalue weighted by atomic mass is 79.9. The predicted molar refractivity (Wildman–Crippen MR) is 85.7 cm³/mol. The van der Waals surface area contributed by atoms with E-state index in [1.165, 1.54) is 0 Å². The Kier molecular flexibility index (Phi) is 4.92. The van der Waals surface area contributed by atoms with Gasteiger partial charge in [-0.25, -0.2) is 13.1 Å². The van der Waals surface area contributed by atoms with Crippen molar-refractivity contribution in [1.82, 2.24) is 4.72 Å². The maximum Gasteiger partial charge on any atom is 0.241 e. The minimum Gasteiger partial charge on any atom is -0.207 e. The third-order valence-electron chi connectivity index (χ3n) is 4.17. The molecule has 1 fully saturated rings. The fourth-order valence-electron chi connectivity index (χ4n) is 2.64. The standard InChI is InChI=1S/C15H22BrNO2S/c1-12-3-5-14(6-4-12)20(18,19)17-15(11-16)9-7-13(2)8-10-15/h3-6,13,17H,7-11H2,1-2H3. The van der Waals surface area contributed by atoms with Crippen LogP contribution in [-0.4, -0.2) is 19.3 Å². The Labute approximate surface area is 130 Å². The molecule has 0 atom stereocenters. The molecule has 1 aromatic carbocycles. The summed E-state index contributed by atoms with van der Waals surface area (Å²) in [7, 11) is -3.44. The molecule has 0 spiro atoms. The van der Waals surface area contributed by atoms with Crippen molar-refractivity contribution < 1.29 is 8.42 Å². The fourth-order valence-corrected chi connectivity index (χ4v) is 4.98. The van der Waals surface area contributed by atoms with E-state index in [0.717, 1.165) is 31.2 Å². The number of hydrogen-bond donors (Lipinski definition) is 1. The van der Waals surface area contributed by atoms with E-state index in [1.54, 1.807) is 12.1 Å². The minimum atomic E-state index is -3.44. The summed E-state index contributed by atoms with van der Waals surface area (Å²) in [5.41, 5.74) is 0.724. The van der Waals surface area contributed by atoms with Gasteiger partial charge < -0.3 is 0 Å². The summed E-state index contributed by atoms with van der Waals surface area (Å²) in [4.78, 5) is 0.349. The van der Waals surface area contributed by atoms with E-state index in [4.69, 9.17) is 0 Å². The molecule has 0 amide bonds. The number of halogens is 1. The molecule has 5 heteroatoms. The van der Waals surface area contributed by atoms with Gasteiger partial charge in [0.15, 0.2) is 0 Å². The highest BCUT2D eigenvalue weighted by Gasteiger charge is 2.37. The van der Waals surface area contributed by atoms with Gasteiger partial charge in [-0.15, -0.1) is 0 Å². The largest absolute Gasteiger partial charge is 0.241 e. The Balaban J connectivity index is 2.20. The van der Waals surface area contributed by atoms with Gasteiger partial charge in [-0.3, -0.25) is 0 Å². The van der Waals surface area contributed by atoms with Gasteiger partial charge in [-0.1, -0.05) is 40.5 Å². The second kappa shape index (κ2) is 6.16. The Bertz CT molecular complexity index is 546. The van der Waals surface area contributed by atoms with E-state index in [2.05, 4.69) is 27.6 Å². The van der Waals surface area contributed by atoms with Gasteiger partial charge in [0.05, 0.1) is 4.90 Å². The second-order valence-electron chi connectivity index (χ2n) is 6.02. The maximum absolute atomic E-state index is 12.5. The molecule has 0 aliphatic heterocycles. The van der Waals surface area contributed by atoms with Gasteiger partial charge in [0, 0.05) is 10.9 Å². The van der Waals surface area contributed by atoms with Crippen LogP contribution in [0.5, 0.6) is 0 Å². The van der Waals surface area contributed by atoms with Crippen LogP contribution in [0.25, 0.3) is 0 Å². The van der Waals surface area contributed by atoms with Gasteiger partial charge in [-0.05, 0) is 50.7 Å². The van der Waals surface area contributed by atoms with Gasteiger partial charge in [-0.2, -0.15) is 0 Å². The van der Waals surface area contributed by atoms with Crippen molar-refractivity contribution in [2.75, 3.05) is 5.33 Å². The number of rotatable bonds is 4. The first-order chi connectivity index (χ1) is 9.37. The summed E-state index contributed by atoms with van der Waals surface area (Å²) in [6.07, 6.45) is 3.93. The monoisotopic (exact) mass is 359 g/mol. The van der Waals surface area contributed by atoms with Crippen LogP contribution < -0.4 is 4.72 Å². The summed E-state index contributed by atoms with van der Waals surface area (Å²) in [5.74, 6) is 0.686.